The van der Waals surface area contributed by atoms with E-state index in [2.05, 4.69) is 18.2 Å². The van der Waals surface area contributed by atoms with Crippen molar-refractivity contribution >= 4 is 28.9 Å². The van der Waals surface area contributed by atoms with Gasteiger partial charge in [0.1, 0.15) is 0 Å². The van der Waals surface area contributed by atoms with Crippen molar-refractivity contribution in [2.75, 3.05) is 7.11 Å². The number of ether oxygens (including phenoxy) is 1. The normalized spacial score (nSPS) is 10.6. The molecular formula is C24H17ClO2S. The summed E-state index contributed by atoms with van der Waals surface area (Å²) in [4.78, 5) is 14.6. The molecule has 0 aliphatic carbocycles. The standard InChI is InChI=1S/C24H17ClO2S/c1-27-24(26)20-10-6-5-9-19(20)21-15-22(16-7-3-2-4-8-16)28-23(21)17-11-13-18(25)14-12-17/h2-15H,1H3. The van der Waals surface area contributed by atoms with Crippen molar-refractivity contribution in [2.24, 2.45) is 0 Å². The van der Waals surface area contributed by atoms with Gasteiger partial charge in [-0.1, -0.05) is 72.3 Å². The van der Waals surface area contributed by atoms with Crippen molar-refractivity contribution in [2.45, 2.75) is 0 Å². The van der Waals surface area contributed by atoms with Gasteiger partial charge in [0.2, 0.25) is 0 Å². The highest BCUT2D eigenvalue weighted by molar-refractivity contribution is 7.19. The summed E-state index contributed by atoms with van der Waals surface area (Å²) in [5.74, 6) is -0.342. The van der Waals surface area contributed by atoms with Crippen LogP contribution in [0.4, 0.5) is 0 Å². The number of hydrogen-bond acceptors (Lipinski definition) is 3. The molecule has 138 valence electrons. The third kappa shape index (κ3) is 3.59. The van der Waals surface area contributed by atoms with Crippen molar-refractivity contribution in [3.05, 3.63) is 95.5 Å². The fraction of sp³-hybridized carbons (Fsp3) is 0.0417. The molecule has 28 heavy (non-hydrogen) atoms. The molecule has 0 N–H and O–H groups in total. The lowest BCUT2D eigenvalue weighted by Gasteiger charge is -2.09. The molecule has 1 aromatic heterocycles. The molecule has 4 heteroatoms. The van der Waals surface area contributed by atoms with E-state index < -0.39 is 0 Å². The van der Waals surface area contributed by atoms with Crippen LogP contribution in [0.15, 0.2) is 84.9 Å². The largest absolute Gasteiger partial charge is 0.465 e. The monoisotopic (exact) mass is 404 g/mol. The van der Waals surface area contributed by atoms with Crippen LogP contribution in [0.5, 0.6) is 0 Å². The zero-order valence-corrected chi connectivity index (χ0v) is 16.8. The van der Waals surface area contributed by atoms with E-state index in [0.717, 1.165) is 32.0 Å². The average molecular weight is 405 g/mol. The maximum absolute atomic E-state index is 12.3. The molecule has 0 fully saturated rings. The second-order valence-electron chi connectivity index (χ2n) is 6.26. The minimum absolute atomic E-state index is 0.342. The number of thiophene rings is 1. The van der Waals surface area contributed by atoms with E-state index in [1.165, 1.54) is 7.11 Å². The van der Waals surface area contributed by atoms with Gasteiger partial charge in [0.05, 0.1) is 12.7 Å². The van der Waals surface area contributed by atoms with Gasteiger partial charge >= 0.3 is 5.97 Å². The Hall–Kier alpha value is -2.88. The van der Waals surface area contributed by atoms with Gasteiger partial charge in [0.15, 0.2) is 0 Å². The maximum Gasteiger partial charge on any atom is 0.338 e. The Morgan fingerprint density at radius 1 is 0.821 bits per heavy atom. The average Bonchev–Trinajstić information content (AvgIpc) is 3.19. The summed E-state index contributed by atoms with van der Waals surface area (Å²) >= 11 is 7.78. The number of carbonyl (C=O) groups excluding carboxylic acids is 1. The zero-order valence-electron chi connectivity index (χ0n) is 15.2. The van der Waals surface area contributed by atoms with Crippen molar-refractivity contribution in [1.29, 1.82) is 0 Å². The third-order valence-electron chi connectivity index (χ3n) is 4.52. The summed E-state index contributed by atoms with van der Waals surface area (Å²) < 4.78 is 5.00. The number of methoxy groups -OCH3 is 1. The van der Waals surface area contributed by atoms with E-state index in [9.17, 15) is 4.79 Å². The van der Waals surface area contributed by atoms with E-state index in [-0.39, 0.29) is 5.97 Å². The van der Waals surface area contributed by atoms with Crippen LogP contribution in [-0.4, -0.2) is 13.1 Å². The first-order valence-corrected chi connectivity index (χ1v) is 9.99. The van der Waals surface area contributed by atoms with E-state index in [0.29, 0.717) is 10.6 Å². The summed E-state index contributed by atoms with van der Waals surface area (Å²) in [6.45, 7) is 0. The third-order valence-corrected chi connectivity index (χ3v) is 6.00. The summed E-state index contributed by atoms with van der Waals surface area (Å²) in [6.07, 6.45) is 0. The van der Waals surface area contributed by atoms with E-state index >= 15 is 0 Å². The van der Waals surface area contributed by atoms with Crippen LogP contribution in [0, 0.1) is 0 Å². The molecule has 0 aliphatic heterocycles. The van der Waals surface area contributed by atoms with Crippen LogP contribution in [0.3, 0.4) is 0 Å². The Balaban J connectivity index is 1.95. The second kappa shape index (κ2) is 8.01. The lowest BCUT2D eigenvalue weighted by molar-refractivity contribution is 0.0601. The minimum Gasteiger partial charge on any atom is -0.465 e. The molecule has 0 unspecified atom stereocenters. The molecule has 0 saturated carbocycles. The van der Waals surface area contributed by atoms with Gasteiger partial charge in [0.25, 0.3) is 0 Å². The summed E-state index contributed by atoms with van der Waals surface area (Å²) in [5.41, 5.74) is 4.62. The molecule has 4 aromatic rings. The van der Waals surface area contributed by atoms with Gasteiger partial charge in [-0.25, -0.2) is 4.79 Å². The quantitative estimate of drug-likeness (QED) is 0.336. The first-order chi connectivity index (χ1) is 13.7. The zero-order chi connectivity index (χ0) is 19.5. The lowest BCUT2D eigenvalue weighted by Crippen LogP contribution is -2.03. The van der Waals surface area contributed by atoms with Gasteiger partial charge in [-0.05, 0) is 41.0 Å². The number of esters is 1. The Bertz CT molecular complexity index is 1120. The minimum atomic E-state index is -0.342. The van der Waals surface area contributed by atoms with Gasteiger partial charge in [-0.2, -0.15) is 0 Å². The predicted octanol–water partition coefficient (Wildman–Crippen LogP) is 7.19. The first kappa shape index (κ1) is 18.5. The van der Waals surface area contributed by atoms with Crippen molar-refractivity contribution in [3.8, 4) is 32.0 Å². The molecular weight excluding hydrogens is 388 g/mol. The molecule has 0 atom stereocenters. The molecule has 0 radical (unpaired) electrons. The smallest absolute Gasteiger partial charge is 0.338 e. The van der Waals surface area contributed by atoms with E-state index in [1.54, 1.807) is 17.4 Å². The molecule has 0 amide bonds. The fourth-order valence-electron chi connectivity index (χ4n) is 3.16. The van der Waals surface area contributed by atoms with Crippen LogP contribution in [0.1, 0.15) is 10.4 Å². The van der Waals surface area contributed by atoms with Gasteiger partial charge in [0, 0.05) is 20.3 Å². The fourth-order valence-corrected chi connectivity index (χ4v) is 4.47. The van der Waals surface area contributed by atoms with E-state index in [1.807, 2.05) is 60.7 Å². The van der Waals surface area contributed by atoms with E-state index in [4.69, 9.17) is 16.3 Å². The predicted molar refractivity (Wildman–Crippen MR) is 117 cm³/mol. The maximum atomic E-state index is 12.3. The SMILES string of the molecule is COC(=O)c1ccccc1-c1cc(-c2ccccc2)sc1-c1ccc(Cl)cc1. The molecule has 0 bridgehead atoms. The molecule has 2 nitrogen and oxygen atoms in total. The Morgan fingerprint density at radius 3 is 2.21 bits per heavy atom. The number of rotatable bonds is 4. The number of halogens is 1. The topological polar surface area (TPSA) is 26.3 Å². The van der Waals surface area contributed by atoms with Crippen LogP contribution in [0.25, 0.3) is 32.0 Å². The first-order valence-electron chi connectivity index (χ1n) is 8.80. The number of carbonyl (C=O) groups is 1. The van der Waals surface area contributed by atoms with Crippen molar-refractivity contribution in [3.63, 3.8) is 0 Å². The molecule has 0 saturated heterocycles. The van der Waals surface area contributed by atoms with Gasteiger partial charge in [-0.15, -0.1) is 11.3 Å². The Morgan fingerprint density at radius 2 is 1.50 bits per heavy atom. The van der Waals surface area contributed by atoms with Crippen LogP contribution < -0.4 is 0 Å². The summed E-state index contributed by atoms with van der Waals surface area (Å²) in [5, 5.41) is 0.695. The lowest BCUT2D eigenvalue weighted by atomic mass is 9.97. The summed E-state index contributed by atoms with van der Waals surface area (Å²) in [6, 6.07) is 27.7. The number of hydrogen-bond donors (Lipinski definition) is 0. The highest BCUT2D eigenvalue weighted by atomic mass is 35.5. The molecule has 3 aromatic carbocycles. The van der Waals surface area contributed by atoms with Crippen molar-refractivity contribution < 1.29 is 9.53 Å². The van der Waals surface area contributed by atoms with Gasteiger partial charge in [-0.3, -0.25) is 0 Å². The molecule has 4 rings (SSSR count). The highest BCUT2D eigenvalue weighted by Crippen LogP contribution is 2.44. The summed E-state index contributed by atoms with van der Waals surface area (Å²) in [7, 11) is 1.40. The molecule has 1 heterocycles. The van der Waals surface area contributed by atoms with Crippen LogP contribution >= 0.6 is 22.9 Å². The molecule has 0 aliphatic rings. The number of benzene rings is 3. The second-order valence-corrected chi connectivity index (χ2v) is 7.75. The Kier molecular flexibility index (Phi) is 5.29. The highest BCUT2D eigenvalue weighted by Gasteiger charge is 2.19. The molecule has 0 spiro atoms. The van der Waals surface area contributed by atoms with Gasteiger partial charge < -0.3 is 4.74 Å². The Labute approximate surface area is 173 Å². The van der Waals surface area contributed by atoms with Crippen molar-refractivity contribution in [1.82, 2.24) is 0 Å². The van der Waals surface area contributed by atoms with Crippen LogP contribution in [-0.2, 0) is 4.74 Å². The van der Waals surface area contributed by atoms with Crippen LogP contribution in [0.2, 0.25) is 5.02 Å².